The Hall–Kier alpha value is -0.0800. The molecule has 0 aliphatic rings. The molecular formula is C13H30N2. The lowest BCUT2D eigenvalue weighted by atomic mass is 9.99. The largest absolute Gasteiger partial charge is 0.326 e. The number of hydrogen-bond donors (Lipinski definition) is 2. The molecule has 0 aliphatic heterocycles. The van der Waals surface area contributed by atoms with E-state index in [4.69, 9.17) is 5.73 Å². The Morgan fingerprint density at radius 3 is 2.33 bits per heavy atom. The van der Waals surface area contributed by atoms with Crippen molar-refractivity contribution < 1.29 is 0 Å². The molecule has 3 unspecified atom stereocenters. The van der Waals surface area contributed by atoms with E-state index in [1.807, 2.05) is 0 Å². The van der Waals surface area contributed by atoms with Gasteiger partial charge in [0.1, 0.15) is 0 Å². The third-order valence-corrected chi connectivity index (χ3v) is 3.32. The molecule has 0 spiro atoms. The van der Waals surface area contributed by atoms with Gasteiger partial charge in [-0.25, -0.2) is 0 Å². The van der Waals surface area contributed by atoms with Gasteiger partial charge in [0.25, 0.3) is 0 Å². The highest BCUT2D eigenvalue weighted by Crippen LogP contribution is 2.06. The highest BCUT2D eigenvalue weighted by Gasteiger charge is 2.11. The molecule has 2 nitrogen and oxygen atoms in total. The molecule has 0 amide bonds. The molecule has 0 aromatic rings. The summed E-state index contributed by atoms with van der Waals surface area (Å²) >= 11 is 0. The minimum Gasteiger partial charge on any atom is -0.326 e. The lowest BCUT2D eigenvalue weighted by Gasteiger charge is -2.21. The summed E-state index contributed by atoms with van der Waals surface area (Å²) in [5.41, 5.74) is 6.07. The Balaban J connectivity index is 3.48. The van der Waals surface area contributed by atoms with Crippen LogP contribution < -0.4 is 11.1 Å². The Labute approximate surface area is 96.0 Å². The molecule has 0 fully saturated rings. The summed E-state index contributed by atoms with van der Waals surface area (Å²) < 4.78 is 0. The average molecular weight is 214 g/mol. The van der Waals surface area contributed by atoms with Gasteiger partial charge in [-0.15, -0.1) is 0 Å². The Bertz CT molecular complexity index is 136. The highest BCUT2D eigenvalue weighted by atomic mass is 14.9. The van der Waals surface area contributed by atoms with E-state index in [-0.39, 0.29) is 0 Å². The Morgan fingerprint density at radius 1 is 1.13 bits per heavy atom. The van der Waals surface area contributed by atoms with Crippen molar-refractivity contribution in [2.75, 3.05) is 6.54 Å². The molecule has 3 N–H and O–H groups in total. The third kappa shape index (κ3) is 7.80. The van der Waals surface area contributed by atoms with Crippen LogP contribution in [0, 0.1) is 5.92 Å². The van der Waals surface area contributed by atoms with Crippen molar-refractivity contribution in [2.24, 2.45) is 11.7 Å². The average Bonchev–Trinajstić information content (AvgIpc) is 2.25. The maximum Gasteiger partial charge on any atom is 0.0191 e. The maximum atomic E-state index is 6.07. The van der Waals surface area contributed by atoms with Gasteiger partial charge in [-0.3, -0.25) is 0 Å². The fourth-order valence-corrected chi connectivity index (χ4v) is 1.64. The molecule has 0 saturated heterocycles. The summed E-state index contributed by atoms with van der Waals surface area (Å²) in [7, 11) is 0. The third-order valence-electron chi connectivity index (χ3n) is 3.32. The predicted octanol–water partition coefficient (Wildman–Crippen LogP) is 2.92. The zero-order valence-corrected chi connectivity index (χ0v) is 11.1. The van der Waals surface area contributed by atoms with E-state index >= 15 is 0 Å². The number of rotatable bonds is 9. The van der Waals surface area contributed by atoms with Crippen LogP contribution >= 0.6 is 0 Å². The topological polar surface area (TPSA) is 38.0 Å². The van der Waals surface area contributed by atoms with Crippen LogP contribution in [0.2, 0.25) is 0 Å². The van der Waals surface area contributed by atoms with Crippen LogP contribution in [-0.2, 0) is 0 Å². The van der Waals surface area contributed by atoms with Crippen LogP contribution in [0.15, 0.2) is 0 Å². The van der Waals surface area contributed by atoms with Crippen LogP contribution in [-0.4, -0.2) is 18.6 Å². The Kier molecular flexibility index (Phi) is 9.12. The van der Waals surface area contributed by atoms with Gasteiger partial charge < -0.3 is 11.1 Å². The minimum atomic E-state index is 0.309. The normalized spacial score (nSPS) is 17.4. The second-order valence-corrected chi connectivity index (χ2v) is 4.85. The first kappa shape index (κ1) is 14.9. The lowest BCUT2D eigenvalue weighted by molar-refractivity contribution is 0.388. The fourth-order valence-electron chi connectivity index (χ4n) is 1.64. The summed E-state index contributed by atoms with van der Waals surface area (Å²) in [5.74, 6) is 0.625. The standard InChI is InChI=1S/C13H30N2/c1-5-7-8-9-12(4)15-10-13(14)11(3)6-2/h11-13,15H,5-10,14H2,1-4H3. The first-order valence-electron chi connectivity index (χ1n) is 6.60. The smallest absolute Gasteiger partial charge is 0.0191 e. The van der Waals surface area contributed by atoms with Crippen LogP contribution in [0.1, 0.15) is 59.8 Å². The molecule has 0 saturated carbocycles. The van der Waals surface area contributed by atoms with Crippen LogP contribution in [0.3, 0.4) is 0 Å². The molecule has 0 bridgehead atoms. The van der Waals surface area contributed by atoms with Crippen molar-refractivity contribution in [2.45, 2.75) is 71.9 Å². The SMILES string of the molecule is CCCCCC(C)NCC(N)C(C)CC. The molecule has 0 aromatic heterocycles. The molecule has 0 aromatic carbocycles. The van der Waals surface area contributed by atoms with Gasteiger partial charge in [0.2, 0.25) is 0 Å². The molecule has 3 atom stereocenters. The highest BCUT2D eigenvalue weighted by molar-refractivity contribution is 4.72. The van der Waals surface area contributed by atoms with Gasteiger partial charge in [0.15, 0.2) is 0 Å². The van der Waals surface area contributed by atoms with Crippen molar-refractivity contribution in [3.05, 3.63) is 0 Å². The lowest BCUT2D eigenvalue weighted by Crippen LogP contribution is -2.41. The number of unbranched alkanes of at least 4 members (excludes halogenated alkanes) is 2. The van der Waals surface area contributed by atoms with Gasteiger partial charge in [-0.1, -0.05) is 46.5 Å². The van der Waals surface area contributed by atoms with Crippen molar-refractivity contribution in [1.29, 1.82) is 0 Å². The molecule has 15 heavy (non-hydrogen) atoms. The van der Waals surface area contributed by atoms with Crippen molar-refractivity contribution >= 4 is 0 Å². The van der Waals surface area contributed by atoms with Gasteiger partial charge in [-0.2, -0.15) is 0 Å². The van der Waals surface area contributed by atoms with Gasteiger partial charge in [0.05, 0.1) is 0 Å². The fraction of sp³-hybridized carbons (Fsp3) is 1.00. The molecule has 92 valence electrons. The van der Waals surface area contributed by atoms with Crippen LogP contribution in [0.4, 0.5) is 0 Å². The van der Waals surface area contributed by atoms with E-state index in [0.29, 0.717) is 18.0 Å². The summed E-state index contributed by atoms with van der Waals surface area (Å²) in [6.45, 7) is 9.90. The zero-order valence-electron chi connectivity index (χ0n) is 11.1. The molecular weight excluding hydrogens is 184 g/mol. The van der Waals surface area contributed by atoms with E-state index in [1.165, 1.54) is 32.1 Å². The molecule has 0 rings (SSSR count). The summed E-state index contributed by atoms with van der Waals surface area (Å²) in [5, 5.41) is 3.53. The molecule has 0 heterocycles. The van der Waals surface area contributed by atoms with Crippen molar-refractivity contribution in [1.82, 2.24) is 5.32 Å². The molecule has 0 aliphatic carbocycles. The predicted molar refractivity (Wildman–Crippen MR) is 69.0 cm³/mol. The van der Waals surface area contributed by atoms with Crippen LogP contribution in [0.25, 0.3) is 0 Å². The quantitative estimate of drug-likeness (QED) is 0.579. The second kappa shape index (κ2) is 9.17. The molecule has 0 radical (unpaired) electrons. The van der Waals surface area contributed by atoms with E-state index in [0.717, 1.165) is 6.54 Å². The maximum absolute atomic E-state index is 6.07. The van der Waals surface area contributed by atoms with Gasteiger partial charge in [0, 0.05) is 18.6 Å². The molecule has 2 heteroatoms. The Morgan fingerprint density at radius 2 is 1.80 bits per heavy atom. The first-order valence-corrected chi connectivity index (χ1v) is 6.60. The van der Waals surface area contributed by atoms with E-state index < -0.39 is 0 Å². The van der Waals surface area contributed by atoms with Crippen molar-refractivity contribution in [3.63, 3.8) is 0 Å². The number of nitrogens with one attached hydrogen (secondary N) is 1. The minimum absolute atomic E-state index is 0.309. The zero-order chi connectivity index (χ0) is 11.7. The van der Waals surface area contributed by atoms with E-state index in [9.17, 15) is 0 Å². The monoisotopic (exact) mass is 214 g/mol. The second-order valence-electron chi connectivity index (χ2n) is 4.85. The summed E-state index contributed by atoms with van der Waals surface area (Å²) in [4.78, 5) is 0. The summed E-state index contributed by atoms with van der Waals surface area (Å²) in [6, 6.07) is 0.926. The van der Waals surface area contributed by atoms with E-state index in [2.05, 4.69) is 33.0 Å². The number of hydrogen-bond acceptors (Lipinski definition) is 2. The van der Waals surface area contributed by atoms with E-state index in [1.54, 1.807) is 0 Å². The summed E-state index contributed by atoms with van der Waals surface area (Å²) in [6.07, 6.45) is 6.44. The van der Waals surface area contributed by atoms with Gasteiger partial charge in [-0.05, 0) is 19.3 Å². The van der Waals surface area contributed by atoms with Gasteiger partial charge >= 0.3 is 0 Å². The van der Waals surface area contributed by atoms with Crippen LogP contribution in [0.5, 0.6) is 0 Å². The van der Waals surface area contributed by atoms with Crippen molar-refractivity contribution in [3.8, 4) is 0 Å². The first-order chi connectivity index (χ1) is 7.11. The number of nitrogens with two attached hydrogens (primary N) is 1.